The first kappa shape index (κ1) is 20.6. The average Bonchev–Trinajstić information content (AvgIpc) is 2.48. The second-order valence-corrected chi connectivity index (χ2v) is 6.70. The molecule has 0 aromatic rings. The van der Waals surface area contributed by atoms with Crippen LogP contribution in [-0.2, 0) is 0 Å². The fourth-order valence-electron chi connectivity index (χ4n) is 2.32. The third-order valence-electron chi connectivity index (χ3n) is 3.66. The molecule has 21 heavy (non-hydrogen) atoms. The van der Waals surface area contributed by atoms with E-state index in [2.05, 4.69) is 17.6 Å². The van der Waals surface area contributed by atoms with E-state index >= 15 is 0 Å². The predicted molar refractivity (Wildman–Crippen MR) is 96.2 cm³/mol. The number of hydrogen-bond acceptors (Lipinski definition) is 2. The Balaban J connectivity index is 3.06. The first-order valence-electron chi connectivity index (χ1n) is 8.82. The molecular weight excluding hydrogens is 280 g/mol. The fourth-order valence-corrected chi connectivity index (χ4v) is 2.63. The third-order valence-corrected chi connectivity index (χ3v) is 4.27. The first-order chi connectivity index (χ1) is 10.3. The fraction of sp³-hybridized carbons (Fsp3) is 0.941. The summed E-state index contributed by atoms with van der Waals surface area (Å²) in [6.45, 7) is 3.83. The number of hydrogen-bond donors (Lipinski definition) is 2. The predicted octanol–water partition coefficient (Wildman–Crippen LogP) is 4.96. The largest absolute Gasteiger partial charge is 0.338 e. The number of carbonyl (C=O) groups is 1. The van der Waals surface area contributed by atoms with Crippen molar-refractivity contribution in [1.82, 2.24) is 10.6 Å². The molecule has 3 nitrogen and oxygen atoms in total. The summed E-state index contributed by atoms with van der Waals surface area (Å²) in [6, 6.07) is -0.0175. The van der Waals surface area contributed by atoms with Gasteiger partial charge in [-0.25, -0.2) is 4.79 Å². The lowest BCUT2D eigenvalue weighted by molar-refractivity contribution is 0.241. The zero-order valence-electron chi connectivity index (χ0n) is 14.2. The molecule has 0 unspecified atom stereocenters. The van der Waals surface area contributed by atoms with Gasteiger partial charge in [0.05, 0.1) is 0 Å². The molecule has 2 N–H and O–H groups in total. The van der Waals surface area contributed by atoms with Gasteiger partial charge in [-0.1, -0.05) is 71.1 Å². The van der Waals surface area contributed by atoms with E-state index in [9.17, 15) is 4.79 Å². The van der Waals surface area contributed by atoms with Gasteiger partial charge < -0.3 is 10.6 Å². The van der Waals surface area contributed by atoms with Crippen molar-refractivity contribution in [2.75, 3.05) is 25.1 Å². The summed E-state index contributed by atoms with van der Waals surface area (Å²) in [5.41, 5.74) is 0. The Labute approximate surface area is 136 Å². The molecular formula is C17H36N2OS. The second kappa shape index (κ2) is 17.7. The van der Waals surface area contributed by atoms with Gasteiger partial charge in [-0.3, -0.25) is 0 Å². The Bertz CT molecular complexity index is 225. The van der Waals surface area contributed by atoms with E-state index < -0.39 is 0 Å². The molecule has 0 aliphatic carbocycles. The maximum atomic E-state index is 11.4. The molecule has 0 aromatic heterocycles. The average molecular weight is 317 g/mol. The van der Waals surface area contributed by atoms with Crippen molar-refractivity contribution in [2.45, 2.75) is 77.6 Å². The van der Waals surface area contributed by atoms with E-state index in [0.717, 1.165) is 25.3 Å². The van der Waals surface area contributed by atoms with E-state index in [-0.39, 0.29) is 6.03 Å². The van der Waals surface area contributed by atoms with Crippen molar-refractivity contribution in [1.29, 1.82) is 0 Å². The monoisotopic (exact) mass is 316 g/mol. The van der Waals surface area contributed by atoms with Crippen LogP contribution in [0.1, 0.15) is 77.6 Å². The SMILES string of the molecule is CCCCCCCCCCCCCNC(=O)NCCSC. The van der Waals surface area contributed by atoms with Gasteiger partial charge in [0.25, 0.3) is 0 Å². The highest BCUT2D eigenvalue weighted by molar-refractivity contribution is 7.98. The molecule has 0 fully saturated rings. The molecule has 0 rings (SSSR count). The van der Waals surface area contributed by atoms with Crippen molar-refractivity contribution in [3.8, 4) is 0 Å². The summed E-state index contributed by atoms with van der Waals surface area (Å²) >= 11 is 1.75. The number of amides is 2. The molecule has 126 valence electrons. The van der Waals surface area contributed by atoms with Crippen LogP contribution in [0.2, 0.25) is 0 Å². The van der Waals surface area contributed by atoms with Crippen molar-refractivity contribution in [3.05, 3.63) is 0 Å². The topological polar surface area (TPSA) is 41.1 Å². The Morgan fingerprint density at radius 2 is 1.24 bits per heavy atom. The minimum atomic E-state index is -0.0175. The van der Waals surface area contributed by atoms with Crippen LogP contribution in [0.4, 0.5) is 4.79 Å². The van der Waals surface area contributed by atoms with Crippen LogP contribution >= 0.6 is 11.8 Å². The Morgan fingerprint density at radius 1 is 0.762 bits per heavy atom. The Hall–Kier alpha value is -0.380. The van der Waals surface area contributed by atoms with E-state index in [4.69, 9.17) is 0 Å². The quantitative estimate of drug-likeness (QED) is 0.419. The Morgan fingerprint density at radius 3 is 1.76 bits per heavy atom. The zero-order valence-corrected chi connectivity index (χ0v) is 15.0. The highest BCUT2D eigenvalue weighted by atomic mass is 32.2. The molecule has 0 saturated carbocycles. The third kappa shape index (κ3) is 17.6. The molecule has 0 atom stereocenters. The van der Waals surface area contributed by atoms with E-state index in [1.807, 2.05) is 6.26 Å². The van der Waals surface area contributed by atoms with Crippen molar-refractivity contribution >= 4 is 17.8 Å². The zero-order chi connectivity index (χ0) is 15.6. The van der Waals surface area contributed by atoms with Gasteiger partial charge in [-0.05, 0) is 12.7 Å². The van der Waals surface area contributed by atoms with Gasteiger partial charge in [0.2, 0.25) is 0 Å². The lowest BCUT2D eigenvalue weighted by Gasteiger charge is -2.07. The number of carbonyl (C=O) groups excluding carboxylic acids is 1. The minimum absolute atomic E-state index is 0.0175. The van der Waals surface area contributed by atoms with E-state index in [1.54, 1.807) is 11.8 Å². The van der Waals surface area contributed by atoms with Crippen molar-refractivity contribution in [2.24, 2.45) is 0 Å². The lowest BCUT2D eigenvalue weighted by atomic mass is 10.1. The lowest BCUT2D eigenvalue weighted by Crippen LogP contribution is -2.37. The van der Waals surface area contributed by atoms with Crippen molar-refractivity contribution < 1.29 is 4.79 Å². The summed E-state index contributed by atoms with van der Waals surface area (Å²) in [6.07, 6.45) is 16.8. The van der Waals surface area contributed by atoms with E-state index in [0.29, 0.717) is 0 Å². The highest BCUT2D eigenvalue weighted by Gasteiger charge is 1.98. The summed E-state index contributed by atoms with van der Waals surface area (Å²) < 4.78 is 0. The number of rotatable bonds is 15. The van der Waals surface area contributed by atoms with Gasteiger partial charge in [-0.2, -0.15) is 11.8 Å². The molecule has 0 aliphatic heterocycles. The van der Waals surface area contributed by atoms with Gasteiger partial charge >= 0.3 is 6.03 Å². The van der Waals surface area contributed by atoms with Gasteiger partial charge in [0.15, 0.2) is 0 Å². The molecule has 0 saturated heterocycles. The maximum absolute atomic E-state index is 11.4. The standard InChI is InChI=1S/C17H36N2OS/c1-3-4-5-6-7-8-9-10-11-12-13-14-18-17(20)19-15-16-21-2/h3-16H2,1-2H3,(H2,18,19,20). The summed E-state index contributed by atoms with van der Waals surface area (Å²) in [7, 11) is 0. The molecule has 0 heterocycles. The van der Waals surface area contributed by atoms with Crippen LogP contribution in [0.15, 0.2) is 0 Å². The molecule has 0 aliphatic rings. The van der Waals surface area contributed by atoms with Crippen LogP contribution in [0.25, 0.3) is 0 Å². The van der Waals surface area contributed by atoms with Crippen LogP contribution in [0.3, 0.4) is 0 Å². The van der Waals surface area contributed by atoms with Crippen LogP contribution in [0, 0.1) is 0 Å². The number of unbranched alkanes of at least 4 members (excludes halogenated alkanes) is 10. The summed E-state index contributed by atoms with van der Waals surface area (Å²) in [4.78, 5) is 11.4. The van der Waals surface area contributed by atoms with Gasteiger partial charge in [0, 0.05) is 18.8 Å². The van der Waals surface area contributed by atoms with Crippen LogP contribution in [0.5, 0.6) is 0 Å². The molecule has 0 aromatic carbocycles. The smallest absolute Gasteiger partial charge is 0.314 e. The molecule has 4 heteroatoms. The normalized spacial score (nSPS) is 10.6. The molecule has 0 bridgehead atoms. The number of thioether (sulfide) groups is 1. The molecule has 0 spiro atoms. The number of nitrogens with one attached hydrogen (secondary N) is 2. The van der Waals surface area contributed by atoms with Gasteiger partial charge in [0.1, 0.15) is 0 Å². The summed E-state index contributed by atoms with van der Waals surface area (Å²) in [5.74, 6) is 0.978. The van der Waals surface area contributed by atoms with E-state index in [1.165, 1.54) is 64.2 Å². The Kier molecular flexibility index (Phi) is 17.4. The highest BCUT2D eigenvalue weighted by Crippen LogP contribution is 2.10. The number of urea groups is 1. The maximum Gasteiger partial charge on any atom is 0.314 e. The van der Waals surface area contributed by atoms with Crippen LogP contribution < -0.4 is 10.6 Å². The molecule has 0 radical (unpaired) electrons. The minimum Gasteiger partial charge on any atom is -0.338 e. The second-order valence-electron chi connectivity index (χ2n) is 5.71. The summed E-state index contributed by atoms with van der Waals surface area (Å²) in [5, 5.41) is 5.77. The van der Waals surface area contributed by atoms with Crippen LogP contribution in [-0.4, -0.2) is 31.1 Å². The molecule has 2 amide bonds. The van der Waals surface area contributed by atoms with Gasteiger partial charge in [-0.15, -0.1) is 0 Å². The first-order valence-corrected chi connectivity index (χ1v) is 10.2. The van der Waals surface area contributed by atoms with Crippen molar-refractivity contribution in [3.63, 3.8) is 0 Å².